The third kappa shape index (κ3) is 2.98. The number of hydrogen-bond acceptors (Lipinski definition) is 2. The molecule has 2 N–H and O–H groups in total. The molecule has 3 aromatic rings. The molecule has 0 saturated carbocycles. The number of urea groups is 1. The summed E-state index contributed by atoms with van der Waals surface area (Å²) in [5.74, 6) is 0. The summed E-state index contributed by atoms with van der Waals surface area (Å²) in [6, 6.07) is 12.2. The Labute approximate surface area is 126 Å². The third-order valence-corrected chi connectivity index (χ3v) is 3.30. The number of imidazole rings is 1. The number of benzene rings is 2. The fourth-order valence-corrected chi connectivity index (χ4v) is 2.26. The van der Waals surface area contributed by atoms with E-state index in [2.05, 4.69) is 15.6 Å². The summed E-state index contributed by atoms with van der Waals surface area (Å²) >= 11 is 5.87. The van der Waals surface area contributed by atoms with Gasteiger partial charge in [-0.3, -0.25) is 0 Å². The maximum Gasteiger partial charge on any atom is 0.323 e. The van der Waals surface area contributed by atoms with Crippen molar-refractivity contribution in [2.24, 2.45) is 7.05 Å². The minimum absolute atomic E-state index is 0.326. The zero-order valence-corrected chi connectivity index (χ0v) is 12.1. The minimum Gasteiger partial charge on any atom is -0.334 e. The van der Waals surface area contributed by atoms with E-state index in [-0.39, 0.29) is 6.03 Å². The number of carbonyl (C=O) groups is 1. The highest BCUT2D eigenvalue weighted by Crippen LogP contribution is 2.18. The molecule has 106 valence electrons. The summed E-state index contributed by atoms with van der Waals surface area (Å²) in [5, 5.41) is 6.07. The van der Waals surface area contributed by atoms with Crippen LogP contribution in [-0.2, 0) is 7.05 Å². The molecule has 0 bridgehead atoms. The monoisotopic (exact) mass is 300 g/mol. The number of nitrogens with one attached hydrogen (secondary N) is 2. The summed E-state index contributed by atoms with van der Waals surface area (Å²) in [7, 11) is 1.92. The molecule has 21 heavy (non-hydrogen) atoms. The number of hydrogen-bond donors (Lipinski definition) is 2. The average molecular weight is 301 g/mol. The number of anilines is 2. The second-order valence-electron chi connectivity index (χ2n) is 4.65. The van der Waals surface area contributed by atoms with Crippen LogP contribution in [0.1, 0.15) is 0 Å². The highest BCUT2D eigenvalue weighted by Gasteiger charge is 2.05. The van der Waals surface area contributed by atoms with Crippen molar-refractivity contribution in [2.45, 2.75) is 0 Å². The van der Waals surface area contributed by atoms with Crippen molar-refractivity contribution in [3.05, 3.63) is 53.8 Å². The molecule has 5 nitrogen and oxygen atoms in total. The summed E-state index contributed by atoms with van der Waals surface area (Å²) in [6.07, 6.45) is 1.74. The number of carbonyl (C=O) groups excluding carboxylic acids is 1. The van der Waals surface area contributed by atoms with Crippen molar-refractivity contribution in [2.75, 3.05) is 10.6 Å². The van der Waals surface area contributed by atoms with Gasteiger partial charge in [0, 0.05) is 23.4 Å². The van der Waals surface area contributed by atoms with Crippen LogP contribution in [0.3, 0.4) is 0 Å². The Hall–Kier alpha value is -2.53. The van der Waals surface area contributed by atoms with Gasteiger partial charge in [0.15, 0.2) is 0 Å². The van der Waals surface area contributed by atoms with Crippen LogP contribution in [-0.4, -0.2) is 15.6 Å². The second-order valence-corrected chi connectivity index (χ2v) is 5.08. The molecule has 6 heteroatoms. The van der Waals surface area contributed by atoms with E-state index in [1.165, 1.54) is 0 Å². The molecular weight excluding hydrogens is 288 g/mol. The van der Waals surface area contributed by atoms with Gasteiger partial charge in [0.25, 0.3) is 0 Å². The van der Waals surface area contributed by atoms with E-state index >= 15 is 0 Å². The van der Waals surface area contributed by atoms with Gasteiger partial charge in [-0.15, -0.1) is 0 Å². The van der Waals surface area contributed by atoms with Crippen LogP contribution in [0.2, 0.25) is 5.02 Å². The summed E-state index contributed by atoms with van der Waals surface area (Å²) in [6.45, 7) is 0. The molecule has 0 aliphatic rings. The summed E-state index contributed by atoms with van der Waals surface area (Å²) in [5.41, 5.74) is 3.16. The van der Waals surface area contributed by atoms with Gasteiger partial charge in [-0.25, -0.2) is 9.78 Å². The van der Waals surface area contributed by atoms with Gasteiger partial charge in [0.1, 0.15) is 0 Å². The Morgan fingerprint density at radius 3 is 2.67 bits per heavy atom. The minimum atomic E-state index is -0.326. The van der Waals surface area contributed by atoms with Gasteiger partial charge < -0.3 is 15.2 Å². The van der Waals surface area contributed by atoms with E-state index in [0.29, 0.717) is 16.4 Å². The van der Waals surface area contributed by atoms with E-state index in [1.807, 2.05) is 29.8 Å². The lowest BCUT2D eigenvalue weighted by Gasteiger charge is -2.08. The highest BCUT2D eigenvalue weighted by molar-refractivity contribution is 6.30. The van der Waals surface area contributed by atoms with Crippen LogP contribution in [0.25, 0.3) is 11.0 Å². The topological polar surface area (TPSA) is 59.0 Å². The first-order valence-electron chi connectivity index (χ1n) is 6.36. The van der Waals surface area contributed by atoms with Crippen molar-refractivity contribution < 1.29 is 4.79 Å². The van der Waals surface area contributed by atoms with E-state index in [0.717, 1.165) is 11.0 Å². The van der Waals surface area contributed by atoms with Gasteiger partial charge in [0.2, 0.25) is 0 Å². The Morgan fingerprint density at radius 2 is 1.90 bits per heavy atom. The maximum atomic E-state index is 11.9. The zero-order valence-electron chi connectivity index (χ0n) is 11.3. The van der Waals surface area contributed by atoms with Crippen molar-refractivity contribution >= 4 is 40.0 Å². The number of aryl methyl sites for hydroxylation is 1. The molecule has 0 atom stereocenters. The fraction of sp³-hybridized carbons (Fsp3) is 0.0667. The Balaban J connectivity index is 1.73. The molecule has 0 unspecified atom stereocenters. The van der Waals surface area contributed by atoms with E-state index < -0.39 is 0 Å². The molecule has 0 aliphatic carbocycles. The number of fused-ring (bicyclic) bond motifs is 1. The highest BCUT2D eigenvalue weighted by atomic mass is 35.5. The molecule has 3 rings (SSSR count). The van der Waals surface area contributed by atoms with E-state index in [1.54, 1.807) is 30.6 Å². The van der Waals surface area contributed by atoms with Crippen molar-refractivity contribution in [1.82, 2.24) is 9.55 Å². The quantitative estimate of drug-likeness (QED) is 0.755. The van der Waals surface area contributed by atoms with Crippen LogP contribution in [0.5, 0.6) is 0 Å². The third-order valence-electron chi connectivity index (χ3n) is 3.07. The standard InChI is InChI=1S/C15H13ClN4O/c1-20-9-17-13-8-12(5-6-14(13)20)19-15(21)18-11-4-2-3-10(16)7-11/h2-9H,1H3,(H2,18,19,21). The lowest BCUT2D eigenvalue weighted by atomic mass is 10.2. The van der Waals surface area contributed by atoms with Crippen molar-refractivity contribution in [3.63, 3.8) is 0 Å². The van der Waals surface area contributed by atoms with E-state index in [9.17, 15) is 4.79 Å². The zero-order chi connectivity index (χ0) is 14.8. The first kappa shape index (κ1) is 13.5. The predicted molar refractivity (Wildman–Crippen MR) is 84.8 cm³/mol. The van der Waals surface area contributed by atoms with Crippen molar-refractivity contribution in [1.29, 1.82) is 0 Å². The Bertz CT molecular complexity index is 812. The van der Waals surface area contributed by atoms with Crippen LogP contribution in [0, 0.1) is 0 Å². The molecule has 1 aromatic heterocycles. The molecule has 0 radical (unpaired) electrons. The van der Waals surface area contributed by atoms with Gasteiger partial charge in [-0.2, -0.15) is 0 Å². The van der Waals surface area contributed by atoms with Gasteiger partial charge in [-0.05, 0) is 36.4 Å². The number of nitrogens with zero attached hydrogens (tertiary/aromatic N) is 2. The lowest BCUT2D eigenvalue weighted by Crippen LogP contribution is -2.19. The lowest BCUT2D eigenvalue weighted by molar-refractivity contribution is 0.262. The van der Waals surface area contributed by atoms with Crippen LogP contribution >= 0.6 is 11.6 Å². The van der Waals surface area contributed by atoms with Gasteiger partial charge >= 0.3 is 6.03 Å². The second kappa shape index (κ2) is 5.46. The van der Waals surface area contributed by atoms with Gasteiger partial charge in [0.05, 0.1) is 17.4 Å². The Kier molecular flexibility index (Phi) is 3.50. The number of amides is 2. The fourth-order valence-electron chi connectivity index (χ4n) is 2.07. The van der Waals surface area contributed by atoms with Crippen molar-refractivity contribution in [3.8, 4) is 0 Å². The first-order chi connectivity index (χ1) is 10.1. The number of halogens is 1. The van der Waals surface area contributed by atoms with E-state index in [4.69, 9.17) is 11.6 Å². The molecule has 2 amide bonds. The molecule has 0 spiro atoms. The molecule has 2 aromatic carbocycles. The largest absolute Gasteiger partial charge is 0.334 e. The molecule has 0 aliphatic heterocycles. The SMILES string of the molecule is Cn1cnc2cc(NC(=O)Nc3cccc(Cl)c3)ccc21. The van der Waals surface area contributed by atoms with Crippen LogP contribution < -0.4 is 10.6 Å². The van der Waals surface area contributed by atoms with Crippen LogP contribution in [0.4, 0.5) is 16.2 Å². The maximum absolute atomic E-state index is 11.9. The molecule has 0 fully saturated rings. The molecule has 1 heterocycles. The number of rotatable bonds is 2. The number of aromatic nitrogens is 2. The molecular formula is C15H13ClN4O. The smallest absolute Gasteiger partial charge is 0.323 e. The predicted octanol–water partition coefficient (Wildman–Crippen LogP) is 3.87. The van der Waals surface area contributed by atoms with Crippen LogP contribution in [0.15, 0.2) is 48.8 Å². The first-order valence-corrected chi connectivity index (χ1v) is 6.74. The van der Waals surface area contributed by atoms with Gasteiger partial charge in [-0.1, -0.05) is 17.7 Å². The Morgan fingerprint density at radius 1 is 1.14 bits per heavy atom. The summed E-state index contributed by atoms with van der Waals surface area (Å²) < 4.78 is 1.92. The normalized spacial score (nSPS) is 10.6. The average Bonchev–Trinajstić information content (AvgIpc) is 2.80. The molecule has 0 saturated heterocycles. The summed E-state index contributed by atoms with van der Waals surface area (Å²) in [4.78, 5) is 16.2.